The Morgan fingerprint density at radius 1 is 1.31 bits per heavy atom. The average Bonchev–Trinajstić information content (AvgIpc) is 2.74. The molecule has 0 radical (unpaired) electrons. The summed E-state index contributed by atoms with van der Waals surface area (Å²) in [5, 5.41) is 2.82. The third kappa shape index (κ3) is 2.38. The molecule has 0 saturated heterocycles. The van der Waals surface area contributed by atoms with E-state index in [1.54, 1.807) is 12.4 Å². The molecule has 0 aliphatic rings. The smallest absolute Gasteiger partial charge is 0.149 e. The van der Waals surface area contributed by atoms with Crippen molar-refractivity contribution in [1.82, 2.24) is 9.97 Å². The maximum atomic E-state index is 13.3. The van der Waals surface area contributed by atoms with E-state index in [9.17, 15) is 8.78 Å². The molecule has 84 valence electrons. The van der Waals surface area contributed by atoms with Gasteiger partial charge in [-0.15, -0.1) is 0 Å². The number of hydrogen-bond acceptors (Lipinski definition) is 2. The van der Waals surface area contributed by atoms with Crippen molar-refractivity contribution in [2.45, 2.75) is 6.54 Å². The summed E-state index contributed by atoms with van der Waals surface area (Å²) in [5.74, 6) is -0.576. The monoisotopic (exact) mass is 287 g/mol. The van der Waals surface area contributed by atoms with E-state index in [0.717, 1.165) is 6.07 Å². The van der Waals surface area contributed by atoms with E-state index in [0.29, 0.717) is 12.4 Å². The highest BCUT2D eigenvalue weighted by Gasteiger charge is 2.08. The lowest BCUT2D eigenvalue weighted by molar-refractivity contribution is 0.580. The lowest BCUT2D eigenvalue weighted by Crippen LogP contribution is -2.03. The molecule has 1 aromatic carbocycles. The predicted octanol–water partition coefficient (Wildman–Crippen LogP) is 3.06. The van der Waals surface area contributed by atoms with Gasteiger partial charge in [-0.1, -0.05) is 0 Å². The molecule has 0 saturated carbocycles. The van der Waals surface area contributed by atoms with Gasteiger partial charge in [-0.25, -0.2) is 13.8 Å². The second-order valence-electron chi connectivity index (χ2n) is 3.14. The highest BCUT2D eigenvalue weighted by molar-refractivity contribution is 9.10. The molecule has 1 aromatic heterocycles. The Labute approximate surface area is 99.0 Å². The molecule has 0 amide bonds. The highest BCUT2D eigenvalue weighted by atomic mass is 79.9. The fourth-order valence-corrected chi connectivity index (χ4v) is 1.58. The molecule has 2 N–H and O–H groups in total. The molecular weight excluding hydrogens is 280 g/mol. The van der Waals surface area contributed by atoms with Crippen LogP contribution in [0.4, 0.5) is 14.5 Å². The number of nitrogens with zero attached hydrogens (tertiary/aromatic N) is 1. The van der Waals surface area contributed by atoms with Crippen molar-refractivity contribution in [3.8, 4) is 0 Å². The van der Waals surface area contributed by atoms with Crippen LogP contribution in [0.5, 0.6) is 0 Å². The minimum Gasteiger partial charge on any atom is -0.375 e. The lowest BCUT2D eigenvalue weighted by atomic mass is 10.3. The van der Waals surface area contributed by atoms with Crippen molar-refractivity contribution in [3.63, 3.8) is 0 Å². The lowest BCUT2D eigenvalue weighted by Gasteiger charge is -2.06. The summed E-state index contributed by atoms with van der Waals surface area (Å²) >= 11 is 2.99. The maximum Gasteiger partial charge on any atom is 0.149 e. The molecule has 1 heterocycles. The summed E-state index contributed by atoms with van der Waals surface area (Å²) in [6.45, 7) is 0.349. The standard InChI is InChI=1S/C10H8BrF2N3/c11-6-3-9(8(13)4-7(6)12)16-5-10-14-1-2-15-10/h1-4,16H,5H2,(H,14,15). The fraction of sp³-hybridized carbons (Fsp3) is 0.100. The molecule has 0 fully saturated rings. The van der Waals surface area contributed by atoms with Gasteiger partial charge in [0.1, 0.15) is 17.5 Å². The third-order valence-corrected chi connectivity index (χ3v) is 2.62. The summed E-state index contributed by atoms with van der Waals surface area (Å²) in [6.07, 6.45) is 3.28. The first-order chi connectivity index (χ1) is 7.66. The number of anilines is 1. The molecule has 2 rings (SSSR count). The molecule has 0 spiro atoms. The van der Waals surface area contributed by atoms with Crippen LogP contribution in [-0.2, 0) is 6.54 Å². The molecule has 16 heavy (non-hydrogen) atoms. The van der Waals surface area contributed by atoms with Gasteiger partial charge in [-0.3, -0.25) is 0 Å². The first-order valence-electron chi connectivity index (χ1n) is 4.53. The Bertz CT molecular complexity index is 485. The van der Waals surface area contributed by atoms with Gasteiger partial charge in [0.05, 0.1) is 16.7 Å². The minimum absolute atomic E-state index is 0.218. The summed E-state index contributed by atoms with van der Waals surface area (Å²) in [5.41, 5.74) is 0.227. The zero-order chi connectivity index (χ0) is 11.5. The van der Waals surface area contributed by atoms with Gasteiger partial charge in [0.25, 0.3) is 0 Å². The van der Waals surface area contributed by atoms with Gasteiger partial charge < -0.3 is 10.3 Å². The van der Waals surface area contributed by atoms with Crippen molar-refractivity contribution >= 4 is 21.6 Å². The van der Waals surface area contributed by atoms with Crippen molar-refractivity contribution < 1.29 is 8.78 Å². The molecule has 3 nitrogen and oxygen atoms in total. The van der Waals surface area contributed by atoms with Crippen LogP contribution in [0.3, 0.4) is 0 Å². The molecular formula is C10H8BrF2N3. The van der Waals surface area contributed by atoms with Crippen LogP contribution in [0, 0.1) is 11.6 Å². The minimum atomic E-state index is -0.632. The van der Waals surface area contributed by atoms with Crippen LogP contribution < -0.4 is 5.32 Å². The van der Waals surface area contributed by atoms with E-state index in [1.807, 2.05) is 0 Å². The van der Waals surface area contributed by atoms with Gasteiger partial charge in [-0.05, 0) is 22.0 Å². The van der Waals surface area contributed by atoms with Gasteiger partial charge in [0.15, 0.2) is 0 Å². The number of H-pyrrole nitrogens is 1. The van der Waals surface area contributed by atoms with Crippen LogP contribution >= 0.6 is 15.9 Å². The van der Waals surface area contributed by atoms with Gasteiger partial charge in [0.2, 0.25) is 0 Å². The van der Waals surface area contributed by atoms with Gasteiger partial charge >= 0.3 is 0 Å². The highest BCUT2D eigenvalue weighted by Crippen LogP contribution is 2.23. The number of hydrogen-bond donors (Lipinski definition) is 2. The number of rotatable bonds is 3. The van der Waals surface area contributed by atoms with E-state index in [1.165, 1.54) is 6.07 Å². The molecule has 0 bridgehead atoms. The Morgan fingerprint density at radius 2 is 2.12 bits per heavy atom. The van der Waals surface area contributed by atoms with Crippen LogP contribution in [-0.4, -0.2) is 9.97 Å². The normalized spacial score (nSPS) is 10.4. The molecule has 0 aliphatic carbocycles. The van der Waals surface area contributed by atoms with E-state index in [2.05, 4.69) is 31.2 Å². The van der Waals surface area contributed by atoms with Gasteiger partial charge in [0, 0.05) is 18.5 Å². The Kier molecular flexibility index (Phi) is 3.19. The first-order valence-corrected chi connectivity index (χ1v) is 5.33. The molecule has 2 aromatic rings. The van der Waals surface area contributed by atoms with Crippen molar-refractivity contribution in [2.75, 3.05) is 5.32 Å². The molecule has 0 unspecified atom stereocenters. The summed E-state index contributed by atoms with van der Waals surface area (Å²) in [6, 6.07) is 2.18. The Balaban J connectivity index is 2.12. The zero-order valence-corrected chi connectivity index (χ0v) is 9.68. The average molecular weight is 288 g/mol. The summed E-state index contributed by atoms with van der Waals surface area (Å²) in [7, 11) is 0. The van der Waals surface area contributed by atoms with E-state index in [-0.39, 0.29) is 10.2 Å². The fourth-order valence-electron chi connectivity index (χ4n) is 1.23. The number of halogens is 3. The second-order valence-corrected chi connectivity index (χ2v) is 3.99. The number of nitrogens with one attached hydrogen (secondary N) is 2. The van der Waals surface area contributed by atoms with Crippen LogP contribution in [0.2, 0.25) is 0 Å². The maximum absolute atomic E-state index is 13.3. The van der Waals surface area contributed by atoms with Gasteiger partial charge in [-0.2, -0.15) is 0 Å². The molecule has 0 atom stereocenters. The first kappa shape index (κ1) is 11.1. The summed E-state index contributed by atoms with van der Waals surface area (Å²) in [4.78, 5) is 6.85. The van der Waals surface area contributed by atoms with Crippen molar-refractivity contribution in [3.05, 3.63) is 46.5 Å². The predicted molar refractivity (Wildman–Crippen MR) is 60.0 cm³/mol. The molecule has 6 heteroatoms. The Hall–Kier alpha value is -1.43. The Morgan fingerprint density at radius 3 is 2.81 bits per heavy atom. The number of benzene rings is 1. The SMILES string of the molecule is Fc1cc(F)c(NCc2ncc[nH]2)cc1Br. The van der Waals surface area contributed by atoms with Crippen molar-refractivity contribution in [1.29, 1.82) is 0 Å². The van der Waals surface area contributed by atoms with Crippen molar-refractivity contribution in [2.24, 2.45) is 0 Å². The van der Waals surface area contributed by atoms with E-state index >= 15 is 0 Å². The van der Waals surface area contributed by atoms with Crippen LogP contribution in [0.25, 0.3) is 0 Å². The zero-order valence-electron chi connectivity index (χ0n) is 8.10. The topological polar surface area (TPSA) is 40.7 Å². The van der Waals surface area contributed by atoms with Crippen LogP contribution in [0.1, 0.15) is 5.82 Å². The van der Waals surface area contributed by atoms with E-state index < -0.39 is 11.6 Å². The van der Waals surface area contributed by atoms with E-state index in [4.69, 9.17) is 0 Å². The number of imidazole rings is 1. The largest absolute Gasteiger partial charge is 0.375 e. The van der Waals surface area contributed by atoms with Crippen LogP contribution in [0.15, 0.2) is 29.0 Å². The number of aromatic nitrogens is 2. The quantitative estimate of drug-likeness (QED) is 0.852. The molecule has 0 aliphatic heterocycles. The second kappa shape index (κ2) is 4.61. The summed E-state index contributed by atoms with van der Waals surface area (Å²) < 4.78 is 26.5. The third-order valence-electron chi connectivity index (χ3n) is 2.01. The number of aromatic amines is 1.